The zero-order valence-corrected chi connectivity index (χ0v) is 14.8. The molecule has 114 valence electrons. The number of carbonyl (C=O) groups excluding carboxylic acids is 1. The van der Waals surface area contributed by atoms with Crippen LogP contribution in [-0.4, -0.2) is 9.86 Å². The van der Waals surface area contributed by atoms with E-state index in [0.717, 1.165) is 32.1 Å². The van der Waals surface area contributed by atoms with Gasteiger partial charge in [-0.05, 0) is 26.2 Å². The van der Waals surface area contributed by atoms with Gasteiger partial charge in [-0.3, -0.25) is 4.79 Å². The lowest BCUT2D eigenvalue weighted by Gasteiger charge is -2.32. The van der Waals surface area contributed by atoms with Crippen molar-refractivity contribution in [3.05, 3.63) is 0 Å². The molecule has 0 aromatic rings. The average Bonchev–Trinajstić information content (AvgIpc) is 2.34. The van der Waals surface area contributed by atoms with Crippen molar-refractivity contribution in [3.63, 3.8) is 0 Å². The lowest BCUT2D eigenvalue weighted by atomic mass is 9.89. The smallest absolute Gasteiger partial charge is 0.195 e. The second kappa shape index (κ2) is 9.05. The molecule has 0 N–H and O–H groups in total. The van der Waals surface area contributed by atoms with E-state index in [1.165, 1.54) is 19.3 Å². The Morgan fingerprint density at radius 3 is 1.84 bits per heavy atom. The quantitative estimate of drug-likeness (QED) is 0.475. The third kappa shape index (κ3) is 7.39. The summed E-state index contributed by atoms with van der Waals surface area (Å²) in [6.07, 6.45) is 9.26. The van der Waals surface area contributed by atoms with Crippen LogP contribution in [0.5, 0.6) is 0 Å². The van der Waals surface area contributed by atoms with Gasteiger partial charge < -0.3 is 0 Å². The molecule has 0 spiro atoms. The molecule has 0 radical (unpaired) electrons. The van der Waals surface area contributed by atoms with Crippen LogP contribution in [0.4, 0.5) is 0 Å². The standard InChI is InChI=1S/C17H34OS/c1-7-10-13-16(4,5)15(18)19-17(6,12-9-3)14-11-8-2/h7-14H2,1-6H3. The molecule has 0 bridgehead atoms. The highest BCUT2D eigenvalue weighted by atomic mass is 32.2. The minimum absolute atomic E-state index is 0.144. The molecule has 0 aromatic carbocycles. The van der Waals surface area contributed by atoms with Crippen molar-refractivity contribution in [2.45, 2.75) is 97.7 Å². The predicted octanol–water partition coefficient (Wildman–Crippen LogP) is 6.21. The van der Waals surface area contributed by atoms with Gasteiger partial charge in [0, 0.05) is 10.2 Å². The third-order valence-electron chi connectivity index (χ3n) is 3.89. The van der Waals surface area contributed by atoms with E-state index in [9.17, 15) is 4.79 Å². The molecule has 0 amide bonds. The zero-order chi connectivity index (χ0) is 14.9. The number of hydrogen-bond acceptors (Lipinski definition) is 2. The van der Waals surface area contributed by atoms with Gasteiger partial charge in [0.25, 0.3) is 0 Å². The summed E-state index contributed by atoms with van der Waals surface area (Å²) < 4.78 is 0.144. The highest BCUT2D eigenvalue weighted by Crippen LogP contribution is 2.41. The molecule has 0 fully saturated rings. The highest BCUT2D eigenvalue weighted by Gasteiger charge is 2.34. The van der Waals surface area contributed by atoms with Crippen molar-refractivity contribution in [1.29, 1.82) is 0 Å². The van der Waals surface area contributed by atoms with Crippen LogP contribution in [0.15, 0.2) is 0 Å². The first-order valence-electron chi connectivity index (χ1n) is 8.04. The van der Waals surface area contributed by atoms with Gasteiger partial charge in [0.2, 0.25) is 0 Å². The summed E-state index contributed by atoms with van der Waals surface area (Å²) in [4.78, 5) is 12.6. The molecule has 1 unspecified atom stereocenters. The summed E-state index contributed by atoms with van der Waals surface area (Å²) in [6, 6.07) is 0. The second-order valence-corrected chi connectivity index (χ2v) is 8.24. The number of hydrogen-bond donors (Lipinski definition) is 0. The monoisotopic (exact) mass is 286 g/mol. The SMILES string of the molecule is CCCCC(C)(CCC)SC(=O)C(C)(C)CCCC. The second-order valence-electron chi connectivity index (χ2n) is 6.68. The Hall–Kier alpha value is 0.0200. The van der Waals surface area contributed by atoms with E-state index < -0.39 is 0 Å². The van der Waals surface area contributed by atoms with Crippen molar-refractivity contribution in [2.75, 3.05) is 0 Å². The van der Waals surface area contributed by atoms with E-state index >= 15 is 0 Å². The minimum Gasteiger partial charge on any atom is -0.287 e. The Bertz CT molecular complexity index is 260. The number of unbranched alkanes of at least 4 members (excludes halogenated alkanes) is 2. The van der Waals surface area contributed by atoms with Crippen molar-refractivity contribution in [3.8, 4) is 0 Å². The van der Waals surface area contributed by atoms with Crippen molar-refractivity contribution < 1.29 is 4.79 Å². The number of rotatable bonds is 10. The summed E-state index contributed by atoms with van der Waals surface area (Å²) in [5, 5.41) is 0.396. The summed E-state index contributed by atoms with van der Waals surface area (Å²) in [6.45, 7) is 13.1. The first kappa shape index (κ1) is 19.0. The molecule has 0 aliphatic rings. The van der Waals surface area contributed by atoms with Crippen LogP contribution in [0, 0.1) is 5.41 Å². The molecule has 0 rings (SSSR count). The van der Waals surface area contributed by atoms with Gasteiger partial charge in [0.15, 0.2) is 5.12 Å². The summed E-state index contributed by atoms with van der Waals surface area (Å²) in [5.74, 6) is 0. The van der Waals surface area contributed by atoms with Crippen LogP contribution in [0.3, 0.4) is 0 Å². The summed E-state index contributed by atoms with van der Waals surface area (Å²) >= 11 is 1.63. The fourth-order valence-electron chi connectivity index (χ4n) is 2.39. The third-order valence-corrected chi connectivity index (χ3v) is 5.52. The topological polar surface area (TPSA) is 17.1 Å². The Balaban J connectivity index is 4.60. The van der Waals surface area contributed by atoms with Crippen LogP contribution in [0.2, 0.25) is 0 Å². The summed E-state index contributed by atoms with van der Waals surface area (Å²) in [5.41, 5.74) is -0.165. The van der Waals surface area contributed by atoms with Gasteiger partial charge in [0.05, 0.1) is 0 Å². The van der Waals surface area contributed by atoms with Crippen molar-refractivity contribution >= 4 is 16.9 Å². The first-order valence-corrected chi connectivity index (χ1v) is 8.86. The summed E-state index contributed by atoms with van der Waals surface area (Å²) in [7, 11) is 0. The maximum atomic E-state index is 12.6. The van der Waals surface area contributed by atoms with Gasteiger partial charge in [0.1, 0.15) is 0 Å². The highest BCUT2D eigenvalue weighted by molar-refractivity contribution is 8.14. The number of thioether (sulfide) groups is 1. The molecule has 0 saturated heterocycles. The normalized spacial score (nSPS) is 15.3. The molecule has 2 heteroatoms. The van der Waals surface area contributed by atoms with Crippen LogP contribution < -0.4 is 0 Å². The molecule has 0 aliphatic heterocycles. The predicted molar refractivity (Wildman–Crippen MR) is 88.7 cm³/mol. The molecule has 19 heavy (non-hydrogen) atoms. The fraction of sp³-hybridized carbons (Fsp3) is 0.941. The van der Waals surface area contributed by atoms with Gasteiger partial charge in [-0.1, -0.05) is 78.5 Å². The van der Waals surface area contributed by atoms with Gasteiger partial charge in [-0.2, -0.15) is 0 Å². The van der Waals surface area contributed by atoms with Crippen LogP contribution in [-0.2, 0) is 4.79 Å². The molecule has 1 atom stereocenters. The molecular weight excluding hydrogens is 252 g/mol. The Labute approximate surface area is 125 Å². The van der Waals surface area contributed by atoms with Gasteiger partial charge in [-0.15, -0.1) is 0 Å². The molecular formula is C17H34OS. The molecule has 0 aliphatic carbocycles. The fourth-order valence-corrected chi connectivity index (χ4v) is 3.77. The average molecular weight is 287 g/mol. The lowest BCUT2D eigenvalue weighted by molar-refractivity contribution is -0.118. The van der Waals surface area contributed by atoms with Crippen LogP contribution >= 0.6 is 11.8 Å². The van der Waals surface area contributed by atoms with Crippen LogP contribution in [0.25, 0.3) is 0 Å². The van der Waals surface area contributed by atoms with E-state index in [-0.39, 0.29) is 10.2 Å². The molecule has 0 aromatic heterocycles. The maximum absolute atomic E-state index is 12.6. The first-order chi connectivity index (χ1) is 8.81. The minimum atomic E-state index is -0.165. The van der Waals surface area contributed by atoms with Crippen molar-refractivity contribution in [1.82, 2.24) is 0 Å². The zero-order valence-electron chi connectivity index (χ0n) is 14.0. The van der Waals surface area contributed by atoms with E-state index in [2.05, 4.69) is 41.5 Å². The molecule has 0 heterocycles. The Kier molecular flexibility index (Phi) is 9.06. The molecule has 0 saturated carbocycles. The van der Waals surface area contributed by atoms with Crippen molar-refractivity contribution in [2.24, 2.45) is 5.41 Å². The largest absolute Gasteiger partial charge is 0.287 e. The molecule has 1 nitrogen and oxygen atoms in total. The maximum Gasteiger partial charge on any atom is 0.195 e. The Morgan fingerprint density at radius 1 is 0.842 bits per heavy atom. The number of carbonyl (C=O) groups is 1. The van der Waals surface area contributed by atoms with Crippen LogP contribution in [0.1, 0.15) is 92.9 Å². The van der Waals surface area contributed by atoms with E-state index in [1.54, 1.807) is 11.8 Å². The van der Waals surface area contributed by atoms with Gasteiger partial charge >= 0.3 is 0 Å². The van der Waals surface area contributed by atoms with Gasteiger partial charge in [-0.25, -0.2) is 0 Å². The Morgan fingerprint density at radius 2 is 1.37 bits per heavy atom. The van der Waals surface area contributed by atoms with E-state index in [1.807, 2.05) is 0 Å². The lowest BCUT2D eigenvalue weighted by Crippen LogP contribution is -2.29. The van der Waals surface area contributed by atoms with E-state index in [0.29, 0.717) is 5.12 Å². The van der Waals surface area contributed by atoms with E-state index in [4.69, 9.17) is 0 Å².